The quantitative estimate of drug-likeness (QED) is 0.219. The molecule has 0 aromatic rings. The summed E-state index contributed by atoms with van der Waals surface area (Å²) in [6.07, 6.45) is 0. The van der Waals surface area contributed by atoms with Gasteiger partial charge in [-0.1, -0.05) is 0 Å². The fourth-order valence-corrected chi connectivity index (χ4v) is 0.483. The van der Waals surface area contributed by atoms with Gasteiger partial charge >= 0.3 is 11.9 Å². The highest BCUT2D eigenvalue weighted by molar-refractivity contribution is 6.29. The first-order valence-corrected chi connectivity index (χ1v) is 3.69. The summed E-state index contributed by atoms with van der Waals surface area (Å²) in [5, 5.41) is 0. The average Bonchev–Trinajstić information content (AvgIpc) is 2.18. The van der Waals surface area contributed by atoms with Crippen molar-refractivity contribution in [1.82, 2.24) is 0 Å². The van der Waals surface area contributed by atoms with Crippen molar-refractivity contribution in [2.45, 2.75) is 0 Å². The predicted molar refractivity (Wildman–Crippen MR) is 42.2 cm³/mol. The Labute approximate surface area is 79.9 Å². The van der Waals surface area contributed by atoms with Crippen LogP contribution in [0.3, 0.4) is 0 Å². The van der Waals surface area contributed by atoms with Crippen LogP contribution in [0.25, 0.3) is 0 Å². The highest BCUT2D eigenvalue weighted by Gasteiger charge is 2.16. The molecule has 0 heterocycles. The van der Waals surface area contributed by atoms with Gasteiger partial charge < -0.3 is 19.1 Å². The Hall–Kier alpha value is -1.22. The van der Waals surface area contributed by atoms with E-state index in [9.17, 15) is 9.59 Å². The minimum absolute atomic E-state index is 0.00489. The van der Waals surface area contributed by atoms with Gasteiger partial charge in [0.1, 0.15) is 26.4 Å². The van der Waals surface area contributed by atoms with E-state index in [1.165, 1.54) is 0 Å². The topological polar surface area (TPSA) is 123 Å². The lowest BCUT2D eigenvalue weighted by molar-refractivity contribution is -0.169. The number of carbonyl (C=O) groups excluding carboxylic acids is 2. The van der Waals surface area contributed by atoms with Gasteiger partial charge in [-0.05, 0) is 0 Å². The highest BCUT2D eigenvalue weighted by Crippen LogP contribution is 1.85. The minimum Gasteiger partial charge on any atom is -0.455 e. The van der Waals surface area contributed by atoms with Gasteiger partial charge in [-0.25, -0.2) is 21.4 Å². The van der Waals surface area contributed by atoms with Gasteiger partial charge in [0.15, 0.2) is 0 Å². The number of hydrogen-bond acceptors (Lipinski definition) is 8. The average molecular weight is 208 g/mol. The van der Waals surface area contributed by atoms with E-state index in [0.717, 1.165) is 0 Å². The van der Waals surface area contributed by atoms with Crippen LogP contribution in [0.5, 0.6) is 0 Å². The van der Waals surface area contributed by atoms with Crippen molar-refractivity contribution < 1.29 is 28.7 Å². The third kappa shape index (κ3) is 6.31. The molecule has 8 nitrogen and oxygen atoms in total. The fourth-order valence-electron chi connectivity index (χ4n) is 0.483. The van der Waals surface area contributed by atoms with Crippen LogP contribution < -0.4 is 11.8 Å². The van der Waals surface area contributed by atoms with E-state index < -0.39 is 11.9 Å². The number of hydrogen-bond donors (Lipinski definition) is 2. The molecule has 8 heteroatoms. The lowest BCUT2D eigenvalue weighted by Gasteiger charge is -2.03. The molecule has 0 aromatic carbocycles. The number of rotatable bonds is 6. The summed E-state index contributed by atoms with van der Waals surface area (Å²) in [5.41, 5.74) is 0. The molecule has 0 aromatic heterocycles. The molecule has 0 amide bonds. The maximum atomic E-state index is 10.7. The lowest BCUT2D eigenvalue weighted by Crippen LogP contribution is -2.24. The van der Waals surface area contributed by atoms with Crippen molar-refractivity contribution in [3.05, 3.63) is 0 Å². The standard InChI is InChI=1S/C6H12N2O6/c7-13-3-1-11-5(9)6(10)12-2-4-14-8/h1-4,7-8H2. The van der Waals surface area contributed by atoms with Crippen LogP contribution in [0.1, 0.15) is 0 Å². The molecular weight excluding hydrogens is 196 g/mol. The maximum absolute atomic E-state index is 10.7. The molecule has 0 aliphatic rings. The largest absolute Gasteiger partial charge is 0.455 e. The number of esters is 2. The van der Waals surface area contributed by atoms with E-state index in [2.05, 4.69) is 30.9 Å². The summed E-state index contributed by atoms with van der Waals surface area (Å²) in [6, 6.07) is 0. The second-order valence-electron chi connectivity index (χ2n) is 2.01. The Bertz CT molecular complexity index is 165. The smallest absolute Gasteiger partial charge is 0.417 e. The third-order valence-electron chi connectivity index (χ3n) is 1.04. The van der Waals surface area contributed by atoms with Crippen LogP contribution in [-0.4, -0.2) is 38.4 Å². The lowest BCUT2D eigenvalue weighted by atomic mass is 10.6. The molecule has 0 fully saturated rings. The monoisotopic (exact) mass is 208 g/mol. The number of carbonyl (C=O) groups is 2. The summed E-state index contributed by atoms with van der Waals surface area (Å²) in [7, 11) is 0. The summed E-state index contributed by atoms with van der Waals surface area (Å²) in [6.45, 7) is -0.217. The molecule has 0 aliphatic carbocycles. The molecule has 0 radical (unpaired) electrons. The molecule has 0 saturated carbocycles. The Balaban J connectivity index is 3.50. The molecular formula is C6H12N2O6. The van der Waals surface area contributed by atoms with Crippen molar-refractivity contribution in [1.29, 1.82) is 0 Å². The first-order chi connectivity index (χ1) is 6.72. The molecule has 14 heavy (non-hydrogen) atoms. The number of ether oxygens (including phenoxy) is 2. The molecule has 0 bridgehead atoms. The molecule has 0 unspecified atom stereocenters. The van der Waals surface area contributed by atoms with Crippen LogP contribution in [-0.2, 0) is 28.7 Å². The zero-order valence-electron chi connectivity index (χ0n) is 7.43. The molecule has 0 aliphatic heterocycles. The van der Waals surface area contributed by atoms with Gasteiger partial charge in [0.05, 0.1) is 0 Å². The molecule has 0 atom stereocenters. The summed E-state index contributed by atoms with van der Waals surface area (Å²) in [5.74, 6) is 7.08. The van der Waals surface area contributed by atoms with Gasteiger partial charge in [0, 0.05) is 0 Å². The Morgan fingerprint density at radius 2 is 1.14 bits per heavy atom. The fraction of sp³-hybridized carbons (Fsp3) is 0.667. The first kappa shape index (κ1) is 12.8. The summed E-state index contributed by atoms with van der Waals surface area (Å²) in [4.78, 5) is 29.7. The van der Waals surface area contributed by atoms with E-state index in [0.29, 0.717) is 0 Å². The minimum atomic E-state index is -1.11. The highest BCUT2D eigenvalue weighted by atomic mass is 16.6. The van der Waals surface area contributed by atoms with Crippen LogP contribution in [0.15, 0.2) is 0 Å². The predicted octanol–water partition coefficient (Wildman–Crippen LogP) is -2.15. The third-order valence-corrected chi connectivity index (χ3v) is 1.04. The first-order valence-electron chi connectivity index (χ1n) is 3.69. The van der Waals surface area contributed by atoms with E-state index in [1.54, 1.807) is 0 Å². The van der Waals surface area contributed by atoms with E-state index >= 15 is 0 Å². The Kier molecular flexibility index (Phi) is 7.65. The molecule has 82 valence electrons. The van der Waals surface area contributed by atoms with Gasteiger partial charge in [-0.15, -0.1) is 0 Å². The van der Waals surface area contributed by atoms with Crippen molar-refractivity contribution in [2.24, 2.45) is 11.8 Å². The van der Waals surface area contributed by atoms with E-state index in [4.69, 9.17) is 0 Å². The normalized spacial score (nSPS) is 9.57. The second-order valence-corrected chi connectivity index (χ2v) is 2.01. The van der Waals surface area contributed by atoms with Crippen molar-refractivity contribution in [2.75, 3.05) is 26.4 Å². The second kappa shape index (κ2) is 8.38. The molecule has 4 N–H and O–H groups in total. The summed E-state index contributed by atoms with van der Waals surface area (Å²) >= 11 is 0. The Morgan fingerprint density at radius 3 is 1.43 bits per heavy atom. The van der Waals surface area contributed by atoms with Crippen molar-refractivity contribution in [3.63, 3.8) is 0 Å². The van der Waals surface area contributed by atoms with Crippen LogP contribution in [0, 0.1) is 0 Å². The summed E-state index contributed by atoms with van der Waals surface area (Å²) < 4.78 is 8.77. The maximum Gasteiger partial charge on any atom is 0.417 e. The van der Waals surface area contributed by atoms with Gasteiger partial charge in [0.2, 0.25) is 0 Å². The van der Waals surface area contributed by atoms with Gasteiger partial charge in [-0.2, -0.15) is 0 Å². The van der Waals surface area contributed by atoms with E-state index in [1.807, 2.05) is 0 Å². The SMILES string of the molecule is NOCCOC(=O)C(=O)OCCON. The van der Waals surface area contributed by atoms with Crippen LogP contribution in [0.4, 0.5) is 0 Å². The Morgan fingerprint density at radius 1 is 0.786 bits per heavy atom. The van der Waals surface area contributed by atoms with Crippen molar-refractivity contribution in [3.8, 4) is 0 Å². The zero-order valence-corrected chi connectivity index (χ0v) is 7.43. The van der Waals surface area contributed by atoms with Gasteiger partial charge in [0.25, 0.3) is 0 Å². The molecule has 0 saturated heterocycles. The van der Waals surface area contributed by atoms with Crippen LogP contribution >= 0.6 is 0 Å². The van der Waals surface area contributed by atoms with Gasteiger partial charge in [-0.3, -0.25) is 0 Å². The van der Waals surface area contributed by atoms with Crippen molar-refractivity contribution >= 4 is 11.9 Å². The zero-order chi connectivity index (χ0) is 10.8. The van der Waals surface area contributed by atoms with Crippen LogP contribution in [0.2, 0.25) is 0 Å². The molecule has 0 spiro atoms. The van der Waals surface area contributed by atoms with E-state index in [-0.39, 0.29) is 26.4 Å². The molecule has 0 rings (SSSR count). The number of nitrogens with two attached hydrogens (primary N) is 2.